The lowest BCUT2D eigenvalue weighted by molar-refractivity contribution is 0.0475. The van der Waals surface area contributed by atoms with Gasteiger partial charge in [-0.25, -0.2) is 9.78 Å². The van der Waals surface area contributed by atoms with Crippen LogP contribution in [0, 0.1) is 13.8 Å². The third-order valence-corrected chi connectivity index (χ3v) is 6.42. The average Bonchev–Trinajstić information content (AvgIpc) is 3.33. The van der Waals surface area contributed by atoms with Gasteiger partial charge in [-0.15, -0.1) is 11.3 Å². The van der Waals surface area contributed by atoms with Crippen LogP contribution in [0.2, 0.25) is 4.34 Å². The van der Waals surface area contributed by atoms with Crippen molar-refractivity contribution in [3.05, 3.63) is 74.9 Å². The Kier molecular flexibility index (Phi) is 5.95. The van der Waals surface area contributed by atoms with E-state index in [0.29, 0.717) is 43.3 Å². The van der Waals surface area contributed by atoms with Crippen molar-refractivity contribution < 1.29 is 19.1 Å². The van der Waals surface area contributed by atoms with Gasteiger partial charge in [-0.1, -0.05) is 29.8 Å². The van der Waals surface area contributed by atoms with Gasteiger partial charge in [0.2, 0.25) is 5.78 Å². The fourth-order valence-electron chi connectivity index (χ4n) is 3.76. The lowest BCUT2D eigenvalue weighted by Crippen LogP contribution is -2.16. The molecule has 0 spiro atoms. The normalized spacial score (nSPS) is 11.0. The zero-order valence-corrected chi connectivity index (χ0v) is 19.2. The lowest BCUT2D eigenvalue weighted by Gasteiger charge is -2.09. The van der Waals surface area contributed by atoms with Crippen LogP contribution >= 0.6 is 22.9 Å². The van der Waals surface area contributed by atoms with Crippen LogP contribution in [-0.2, 0) is 4.74 Å². The van der Waals surface area contributed by atoms with E-state index >= 15 is 0 Å². The second kappa shape index (κ2) is 8.68. The van der Waals surface area contributed by atoms with Crippen LogP contribution in [0.4, 0.5) is 0 Å². The van der Waals surface area contributed by atoms with Gasteiger partial charge in [0, 0.05) is 16.6 Å². The van der Waals surface area contributed by atoms with Crippen molar-refractivity contribution in [1.82, 2.24) is 9.97 Å². The fraction of sp³-hybridized carbons (Fsp3) is 0.167. The minimum absolute atomic E-state index is 0.128. The molecule has 0 fully saturated rings. The number of hydrogen-bond donors (Lipinski definition) is 1. The van der Waals surface area contributed by atoms with Crippen LogP contribution in [0.25, 0.3) is 21.5 Å². The molecule has 0 aliphatic carbocycles. The number of ketones is 2. The first-order valence-corrected chi connectivity index (χ1v) is 11.0. The van der Waals surface area contributed by atoms with Gasteiger partial charge in [-0.2, -0.15) is 0 Å². The number of rotatable bonds is 6. The number of fused-ring (bicyclic) bond motifs is 1. The Morgan fingerprint density at radius 2 is 1.88 bits per heavy atom. The molecule has 4 aromatic rings. The number of halogens is 1. The first-order chi connectivity index (χ1) is 15.3. The predicted molar refractivity (Wildman–Crippen MR) is 125 cm³/mol. The summed E-state index contributed by atoms with van der Waals surface area (Å²) in [6.45, 7) is 4.43. The van der Waals surface area contributed by atoms with E-state index in [2.05, 4.69) is 9.97 Å². The van der Waals surface area contributed by atoms with Gasteiger partial charge >= 0.3 is 5.97 Å². The number of aromatic nitrogens is 2. The van der Waals surface area contributed by atoms with E-state index in [-0.39, 0.29) is 11.5 Å². The highest BCUT2D eigenvalue weighted by atomic mass is 35.5. The number of hydrogen-bond acceptors (Lipinski definition) is 6. The highest BCUT2D eigenvalue weighted by molar-refractivity contribution is 7.19. The number of carbonyl (C=O) groups is 3. The van der Waals surface area contributed by atoms with Gasteiger partial charge in [0.15, 0.2) is 12.4 Å². The van der Waals surface area contributed by atoms with Gasteiger partial charge in [0.25, 0.3) is 0 Å². The van der Waals surface area contributed by atoms with Crippen LogP contribution in [0.5, 0.6) is 0 Å². The molecule has 162 valence electrons. The first kappa shape index (κ1) is 21.9. The lowest BCUT2D eigenvalue weighted by atomic mass is 10.1. The monoisotopic (exact) mass is 466 g/mol. The summed E-state index contributed by atoms with van der Waals surface area (Å²) >= 11 is 7.41. The molecule has 3 heterocycles. The number of thiophene rings is 1. The van der Waals surface area contributed by atoms with Gasteiger partial charge in [-0.3, -0.25) is 9.59 Å². The van der Waals surface area contributed by atoms with E-state index < -0.39 is 18.4 Å². The third-order valence-electron chi connectivity index (χ3n) is 5.16. The number of aryl methyl sites for hydroxylation is 1. The zero-order valence-electron chi connectivity index (χ0n) is 17.6. The number of Topliss-reactive ketones (excluding diaryl/α,β-unsaturated/α-hetero) is 2. The van der Waals surface area contributed by atoms with Crippen LogP contribution < -0.4 is 0 Å². The Morgan fingerprint density at radius 3 is 2.53 bits per heavy atom. The van der Waals surface area contributed by atoms with Gasteiger partial charge < -0.3 is 9.72 Å². The van der Waals surface area contributed by atoms with Crippen molar-refractivity contribution in [2.45, 2.75) is 20.8 Å². The molecule has 4 rings (SSSR count). The van der Waals surface area contributed by atoms with E-state index in [0.717, 1.165) is 4.88 Å². The summed E-state index contributed by atoms with van der Waals surface area (Å²) in [5.41, 5.74) is 3.47. The van der Waals surface area contributed by atoms with Gasteiger partial charge in [0.1, 0.15) is 0 Å². The molecule has 32 heavy (non-hydrogen) atoms. The molecule has 3 aromatic heterocycles. The number of para-hydroxylation sites is 1. The molecular formula is C24H19ClN2O4S. The van der Waals surface area contributed by atoms with E-state index in [1.54, 1.807) is 32.0 Å². The molecule has 6 nitrogen and oxygen atoms in total. The Balaban J connectivity index is 1.62. The van der Waals surface area contributed by atoms with E-state index in [4.69, 9.17) is 16.3 Å². The van der Waals surface area contributed by atoms with Crippen LogP contribution in [0.3, 0.4) is 0 Å². The molecule has 1 aromatic carbocycles. The quantitative estimate of drug-likeness (QED) is 0.286. The molecule has 1 N–H and O–H groups in total. The van der Waals surface area contributed by atoms with Crippen molar-refractivity contribution in [2.24, 2.45) is 0 Å². The topological polar surface area (TPSA) is 89.1 Å². The number of carbonyl (C=O) groups excluding carboxylic acids is 3. The van der Waals surface area contributed by atoms with E-state index in [9.17, 15) is 14.4 Å². The van der Waals surface area contributed by atoms with Crippen molar-refractivity contribution in [3.8, 4) is 10.6 Å². The highest BCUT2D eigenvalue weighted by Gasteiger charge is 2.22. The minimum Gasteiger partial charge on any atom is -0.454 e. The molecule has 0 atom stereocenters. The van der Waals surface area contributed by atoms with Crippen molar-refractivity contribution in [3.63, 3.8) is 0 Å². The summed E-state index contributed by atoms with van der Waals surface area (Å²) < 4.78 is 5.99. The van der Waals surface area contributed by atoms with Crippen molar-refractivity contribution in [1.29, 1.82) is 0 Å². The second-order valence-electron chi connectivity index (χ2n) is 7.36. The fourth-order valence-corrected chi connectivity index (χ4v) is 4.76. The molecule has 8 heteroatoms. The van der Waals surface area contributed by atoms with Crippen LogP contribution in [0.1, 0.15) is 49.4 Å². The van der Waals surface area contributed by atoms with Crippen molar-refractivity contribution >= 4 is 51.4 Å². The van der Waals surface area contributed by atoms with Crippen LogP contribution in [-0.4, -0.2) is 34.1 Å². The number of benzene rings is 1. The standard InChI is InChI=1S/C24H19ClN2O4S/c1-12-22(14(3)28)13(2)26-23(12)19(29)11-31-24(30)16-10-18(20-8-9-21(25)32-20)27-17-7-5-4-6-15(16)17/h4-10,26H,11H2,1-3H3. The Bertz CT molecular complexity index is 1390. The second-order valence-corrected chi connectivity index (χ2v) is 9.07. The Hall–Kier alpha value is -3.29. The molecule has 0 bridgehead atoms. The molecule has 0 saturated carbocycles. The van der Waals surface area contributed by atoms with Crippen molar-refractivity contribution in [2.75, 3.05) is 6.61 Å². The summed E-state index contributed by atoms with van der Waals surface area (Å²) in [7, 11) is 0. The molecule has 0 saturated heterocycles. The highest BCUT2D eigenvalue weighted by Crippen LogP contribution is 2.32. The third kappa shape index (κ3) is 4.09. The summed E-state index contributed by atoms with van der Waals surface area (Å²) in [4.78, 5) is 45.9. The van der Waals surface area contributed by atoms with E-state index in [1.165, 1.54) is 18.3 Å². The molecule has 0 aliphatic rings. The number of nitrogens with zero attached hydrogens (tertiary/aromatic N) is 1. The molecular weight excluding hydrogens is 448 g/mol. The SMILES string of the molecule is CC(=O)c1c(C)[nH]c(C(=O)COC(=O)c2cc(-c3ccc(Cl)s3)nc3ccccc23)c1C. The number of pyridine rings is 1. The average molecular weight is 467 g/mol. The molecule has 0 amide bonds. The number of aromatic amines is 1. The van der Waals surface area contributed by atoms with Gasteiger partial charge in [-0.05, 0) is 50.6 Å². The molecule has 0 unspecified atom stereocenters. The Labute approximate surface area is 193 Å². The maximum absolute atomic E-state index is 13.0. The maximum atomic E-state index is 13.0. The first-order valence-electron chi connectivity index (χ1n) is 9.82. The number of nitrogens with one attached hydrogen (secondary N) is 1. The molecule has 0 aliphatic heterocycles. The van der Waals surface area contributed by atoms with Gasteiger partial charge in [0.05, 0.1) is 31.7 Å². The summed E-state index contributed by atoms with van der Waals surface area (Å²) in [5.74, 6) is -1.17. The smallest absolute Gasteiger partial charge is 0.339 e. The number of H-pyrrole nitrogens is 1. The molecule has 0 radical (unpaired) electrons. The predicted octanol–water partition coefficient (Wildman–Crippen LogP) is 5.80. The Morgan fingerprint density at radius 1 is 1.12 bits per heavy atom. The van der Waals surface area contributed by atoms with Crippen LogP contribution in [0.15, 0.2) is 42.5 Å². The van der Waals surface area contributed by atoms with E-state index in [1.807, 2.05) is 24.3 Å². The summed E-state index contributed by atoms with van der Waals surface area (Å²) in [5, 5.41) is 0.627. The summed E-state index contributed by atoms with van der Waals surface area (Å²) in [6.07, 6.45) is 0. The largest absolute Gasteiger partial charge is 0.454 e. The maximum Gasteiger partial charge on any atom is 0.339 e. The number of ether oxygens (including phenoxy) is 1. The summed E-state index contributed by atoms with van der Waals surface area (Å²) in [6, 6.07) is 12.5. The zero-order chi connectivity index (χ0) is 23.0. The number of esters is 1. The minimum atomic E-state index is -0.631.